The maximum absolute atomic E-state index is 5.87. The predicted molar refractivity (Wildman–Crippen MR) is 113 cm³/mol. The molecule has 3 aromatic rings. The van der Waals surface area contributed by atoms with Gasteiger partial charge in [-0.15, -0.1) is 0 Å². The number of anilines is 3. The summed E-state index contributed by atoms with van der Waals surface area (Å²) in [6.07, 6.45) is 1.15. The normalized spacial score (nSPS) is 12.0. The minimum Gasteiger partial charge on any atom is -0.311 e. The van der Waals surface area contributed by atoms with Crippen LogP contribution < -0.4 is 10.4 Å². The van der Waals surface area contributed by atoms with Gasteiger partial charge in [-0.1, -0.05) is 59.5 Å². The molecule has 0 aromatic heterocycles. The van der Waals surface area contributed by atoms with Crippen LogP contribution in [0.2, 0.25) is 0 Å². The van der Waals surface area contributed by atoms with Crippen LogP contribution in [0.25, 0.3) is 0 Å². The molecule has 0 aliphatic rings. The van der Waals surface area contributed by atoms with Crippen molar-refractivity contribution in [2.45, 2.75) is 26.2 Å². The molecule has 0 aliphatic carbocycles. The van der Waals surface area contributed by atoms with Crippen LogP contribution in [-0.4, -0.2) is 7.85 Å². The number of halogens is 1. The molecular formula is C22H21BBrN. The Morgan fingerprint density at radius 1 is 0.800 bits per heavy atom. The van der Waals surface area contributed by atoms with Gasteiger partial charge in [0.2, 0.25) is 0 Å². The van der Waals surface area contributed by atoms with E-state index in [1.807, 2.05) is 12.1 Å². The van der Waals surface area contributed by atoms with Crippen molar-refractivity contribution in [1.29, 1.82) is 0 Å². The summed E-state index contributed by atoms with van der Waals surface area (Å²) in [6.45, 7) is 4.49. The van der Waals surface area contributed by atoms with E-state index in [-0.39, 0.29) is 0 Å². The number of hydrogen-bond acceptors (Lipinski definition) is 1. The van der Waals surface area contributed by atoms with Gasteiger partial charge in [-0.2, -0.15) is 0 Å². The zero-order valence-electron chi connectivity index (χ0n) is 14.6. The van der Waals surface area contributed by atoms with Crippen LogP contribution in [0.1, 0.15) is 31.7 Å². The van der Waals surface area contributed by atoms with Crippen LogP contribution in [0.4, 0.5) is 17.1 Å². The van der Waals surface area contributed by atoms with Crippen molar-refractivity contribution in [3.05, 3.63) is 82.8 Å². The topological polar surface area (TPSA) is 3.24 Å². The van der Waals surface area contributed by atoms with Gasteiger partial charge in [-0.25, -0.2) is 0 Å². The Kier molecular flexibility index (Phi) is 5.65. The highest BCUT2D eigenvalue weighted by atomic mass is 79.9. The van der Waals surface area contributed by atoms with Crippen molar-refractivity contribution in [2.75, 3.05) is 4.90 Å². The van der Waals surface area contributed by atoms with Crippen molar-refractivity contribution < 1.29 is 0 Å². The summed E-state index contributed by atoms with van der Waals surface area (Å²) < 4.78 is 1.07. The first-order chi connectivity index (χ1) is 12.1. The van der Waals surface area contributed by atoms with Gasteiger partial charge >= 0.3 is 0 Å². The zero-order valence-corrected chi connectivity index (χ0v) is 16.2. The fourth-order valence-corrected chi connectivity index (χ4v) is 3.11. The van der Waals surface area contributed by atoms with Crippen LogP contribution in [0, 0.1) is 0 Å². The van der Waals surface area contributed by atoms with Crippen molar-refractivity contribution in [1.82, 2.24) is 0 Å². The van der Waals surface area contributed by atoms with E-state index in [0.717, 1.165) is 33.4 Å². The van der Waals surface area contributed by atoms with Crippen molar-refractivity contribution in [3.63, 3.8) is 0 Å². The van der Waals surface area contributed by atoms with E-state index < -0.39 is 0 Å². The molecule has 3 rings (SSSR count). The molecule has 0 fully saturated rings. The van der Waals surface area contributed by atoms with Gasteiger partial charge < -0.3 is 4.90 Å². The Morgan fingerprint density at radius 3 is 1.72 bits per heavy atom. The third-order valence-electron chi connectivity index (χ3n) is 4.57. The average Bonchev–Trinajstić information content (AvgIpc) is 2.65. The molecule has 25 heavy (non-hydrogen) atoms. The molecule has 0 bridgehead atoms. The van der Waals surface area contributed by atoms with Crippen LogP contribution >= 0.6 is 15.9 Å². The molecule has 1 atom stereocenters. The highest BCUT2D eigenvalue weighted by molar-refractivity contribution is 9.10. The highest BCUT2D eigenvalue weighted by Crippen LogP contribution is 2.35. The summed E-state index contributed by atoms with van der Waals surface area (Å²) >= 11 is 3.51. The van der Waals surface area contributed by atoms with Gasteiger partial charge in [0, 0.05) is 21.5 Å². The third-order valence-corrected chi connectivity index (χ3v) is 5.10. The molecule has 0 heterocycles. The second kappa shape index (κ2) is 7.92. The molecule has 0 amide bonds. The smallest absolute Gasteiger partial charge is 0.113 e. The monoisotopic (exact) mass is 389 g/mol. The zero-order chi connectivity index (χ0) is 17.8. The molecule has 124 valence electrons. The SMILES string of the molecule is [B]c1ccc(N(c2ccc(Br)cc2)c2ccc(C(C)CC)cc2)cc1. The Hall–Kier alpha value is -2.00. The quantitative estimate of drug-likeness (QED) is 0.467. The maximum atomic E-state index is 5.87. The summed E-state index contributed by atoms with van der Waals surface area (Å²) in [6, 6.07) is 25.2. The Labute approximate surface area is 160 Å². The first kappa shape index (κ1) is 17.8. The number of benzene rings is 3. The Balaban J connectivity index is 2.04. The van der Waals surface area contributed by atoms with Gasteiger partial charge in [-0.3, -0.25) is 0 Å². The van der Waals surface area contributed by atoms with E-state index in [9.17, 15) is 0 Å². The largest absolute Gasteiger partial charge is 0.311 e. The first-order valence-corrected chi connectivity index (χ1v) is 9.39. The second-order valence-corrected chi connectivity index (χ2v) is 7.22. The third kappa shape index (κ3) is 4.16. The van der Waals surface area contributed by atoms with Crippen LogP contribution in [0.15, 0.2) is 77.3 Å². The summed E-state index contributed by atoms with van der Waals surface area (Å²) in [5.41, 5.74) is 5.49. The van der Waals surface area contributed by atoms with E-state index in [1.54, 1.807) is 0 Å². The van der Waals surface area contributed by atoms with Gasteiger partial charge in [-0.05, 0) is 66.4 Å². The maximum Gasteiger partial charge on any atom is 0.113 e. The van der Waals surface area contributed by atoms with Crippen LogP contribution in [0.3, 0.4) is 0 Å². The summed E-state index contributed by atoms with van der Waals surface area (Å²) in [5, 5.41) is 0. The second-order valence-electron chi connectivity index (χ2n) is 6.30. The molecule has 0 saturated carbocycles. The molecule has 1 nitrogen and oxygen atoms in total. The van der Waals surface area contributed by atoms with E-state index in [0.29, 0.717) is 5.92 Å². The van der Waals surface area contributed by atoms with E-state index in [4.69, 9.17) is 7.85 Å². The van der Waals surface area contributed by atoms with Gasteiger partial charge in [0.25, 0.3) is 0 Å². The summed E-state index contributed by atoms with van der Waals surface area (Å²) in [4.78, 5) is 2.24. The minimum absolute atomic E-state index is 0.576. The standard InChI is InChI=1S/C22H21BBrN/c1-3-16(2)17-4-10-20(11-5-17)25(21-12-6-18(23)7-13-21)22-14-8-19(24)9-15-22/h4-16H,3H2,1-2H3. The Bertz CT molecular complexity index is 765. The molecule has 3 heteroatoms. The molecule has 0 N–H and O–H groups in total. The molecule has 2 radical (unpaired) electrons. The predicted octanol–water partition coefficient (Wildman–Crippen LogP) is 6.23. The number of nitrogens with zero attached hydrogens (tertiary/aromatic N) is 1. The van der Waals surface area contributed by atoms with Crippen molar-refractivity contribution in [3.8, 4) is 0 Å². The average molecular weight is 390 g/mol. The van der Waals surface area contributed by atoms with Crippen molar-refractivity contribution in [2.24, 2.45) is 0 Å². The first-order valence-electron chi connectivity index (χ1n) is 8.59. The van der Waals surface area contributed by atoms with E-state index >= 15 is 0 Å². The van der Waals surface area contributed by atoms with Gasteiger partial charge in [0.05, 0.1) is 0 Å². The molecule has 0 saturated heterocycles. The lowest BCUT2D eigenvalue weighted by Crippen LogP contribution is -2.11. The molecule has 0 aliphatic heterocycles. The molecule has 1 unspecified atom stereocenters. The Morgan fingerprint density at radius 2 is 1.24 bits per heavy atom. The molecule has 3 aromatic carbocycles. The van der Waals surface area contributed by atoms with Crippen molar-refractivity contribution >= 4 is 46.3 Å². The lowest BCUT2D eigenvalue weighted by atomic mass is 9.96. The summed E-state index contributed by atoms with van der Waals surface area (Å²) in [7, 11) is 5.87. The fraction of sp³-hybridized carbons (Fsp3) is 0.182. The highest BCUT2D eigenvalue weighted by Gasteiger charge is 2.13. The van der Waals surface area contributed by atoms with Crippen LogP contribution in [-0.2, 0) is 0 Å². The summed E-state index contributed by atoms with van der Waals surface area (Å²) in [5.74, 6) is 0.576. The molecular weight excluding hydrogens is 369 g/mol. The lowest BCUT2D eigenvalue weighted by Gasteiger charge is -2.26. The fourth-order valence-electron chi connectivity index (χ4n) is 2.85. The van der Waals surface area contributed by atoms with E-state index in [2.05, 4.69) is 95.3 Å². The molecule has 0 spiro atoms. The van der Waals surface area contributed by atoms with Gasteiger partial charge in [0.15, 0.2) is 0 Å². The van der Waals surface area contributed by atoms with Gasteiger partial charge in [0.1, 0.15) is 7.85 Å². The lowest BCUT2D eigenvalue weighted by molar-refractivity contribution is 0.733. The van der Waals surface area contributed by atoms with E-state index in [1.165, 1.54) is 5.56 Å². The number of rotatable bonds is 5. The number of hydrogen-bond donors (Lipinski definition) is 0. The minimum atomic E-state index is 0.576. The van der Waals surface area contributed by atoms with Crippen LogP contribution in [0.5, 0.6) is 0 Å².